The van der Waals surface area contributed by atoms with Crippen LogP contribution < -0.4 is 24.8 Å². The Morgan fingerprint density at radius 2 is 1.15 bits per heavy atom. The number of aromatic nitrogens is 1. The molecule has 0 aliphatic rings. The van der Waals surface area contributed by atoms with Gasteiger partial charge in [0, 0.05) is 38.5 Å². The topological polar surface area (TPSA) is 53.4 Å². The van der Waals surface area contributed by atoms with Gasteiger partial charge in [0.1, 0.15) is 11.5 Å². The van der Waals surface area contributed by atoms with E-state index in [9.17, 15) is 10.2 Å². The Kier molecular flexibility index (Phi) is 12.0. The molecule has 3 rings (SSSR count). The van der Waals surface area contributed by atoms with Gasteiger partial charge >= 0.3 is 21.7 Å². The Labute approximate surface area is 240 Å². The predicted octanol–water partition coefficient (Wildman–Crippen LogP) is 1.58. The van der Waals surface area contributed by atoms with E-state index in [1.54, 1.807) is 30.5 Å². The molecule has 1 aromatic heterocycles. The predicted molar refractivity (Wildman–Crippen MR) is 129 cm³/mol. The van der Waals surface area contributed by atoms with Crippen molar-refractivity contribution in [2.24, 2.45) is 0 Å². The molecule has 2 aromatic carbocycles. The molecule has 0 atom stereocenters. The average Bonchev–Trinajstić information content (AvgIpc) is 2.66. The molecule has 8 heteroatoms. The van der Waals surface area contributed by atoms with Gasteiger partial charge in [0.15, 0.2) is 0 Å². The zero-order valence-electron chi connectivity index (χ0n) is 20.0. The molecular formula is C26H29Cl4NO2Ti. The summed E-state index contributed by atoms with van der Waals surface area (Å²) >= 11 is 13.0. The second-order valence-electron chi connectivity index (χ2n) is 9.97. The molecule has 34 heavy (non-hydrogen) atoms. The second kappa shape index (κ2) is 12.3. The minimum Gasteiger partial charge on any atom is -1.00 e. The van der Waals surface area contributed by atoms with Crippen LogP contribution in [0.25, 0.3) is 0 Å². The summed E-state index contributed by atoms with van der Waals surface area (Å²) in [6.45, 7) is 12.1. The molecule has 0 aliphatic heterocycles. The molecule has 3 aromatic rings. The number of hydrogen-bond donors (Lipinski definition) is 2. The molecular weight excluding hydrogens is 548 g/mol. The first-order valence-electron chi connectivity index (χ1n) is 10.3. The van der Waals surface area contributed by atoms with Crippen molar-refractivity contribution in [3.05, 3.63) is 86.7 Å². The number of hydrogen-bond acceptors (Lipinski definition) is 3. The molecule has 0 saturated heterocycles. The fourth-order valence-corrected chi connectivity index (χ4v) is 4.31. The minimum atomic E-state index is -0.555. The first-order chi connectivity index (χ1) is 14.3. The third-order valence-electron chi connectivity index (χ3n) is 5.43. The molecule has 182 valence electrons. The molecule has 0 unspecified atom stereocenters. The molecule has 0 radical (unpaired) electrons. The molecule has 1 heterocycles. The van der Waals surface area contributed by atoms with Crippen molar-refractivity contribution < 1.29 is 56.7 Å². The molecule has 0 aliphatic carbocycles. The number of phenolic OH excluding ortho intramolecular Hbond substituents is 2. The molecule has 0 spiro atoms. The van der Waals surface area contributed by atoms with Crippen LogP contribution in [0.15, 0.2) is 48.7 Å². The quantitative estimate of drug-likeness (QED) is 0.466. The molecule has 3 nitrogen and oxygen atoms in total. The second-order valence-corrected chi connectivity index (χ2v) is 10.8. The number of pyridine rings is 1. The van der Waals surface area contributed by atoms with Crippen molar-refractivity contribution in [2.45, 2.75) is 58.3 Å². The van der Waals surface area contributed by atoms with Gasteiger partial charge in [-0.3, -0.25) is 4.98 Å². The van der Waals surface area contributed by atoms with Gasteiger partial charge in [-0.05, 0) is 47.2 Å². The zero-order valence-corrected chi connectivity index (χ0v) is 24.6. The van der Waals surface area contributed by atoms with Gasteiger partial charge < -0.3 is 35.0 Å². The first kappa shape index (κ1) is 33.1. The van der Waals surface area contributed by atoms with Crippen LogP contribution >= 0.6 is 23.2 Å². The van der Waals surface area contributed by atoms with Crippen LogP contribution in [0.2, 0.25) is 10.0 Å². The van der Waals surface area contributed by atoms with Gasteiger partial charge in [-0.25, -0.2) is 0 Å². The van der Waals surface area contributed by atoms with Crippen LogP contribution in [-0.2, 0) is 32.5 Å². The maximum atomic E-state index is 11.3. The number of phenols is 2. The first-order valence-corrected chi connectivity index (χ1v) is 11.0. The molecule has 0 amide bonds. The summed E-state index contributed by atoms with van der Waals surface area (Å²) in [5.41, 5.74) is 2.64. The van der Waals surface area contributed by atoms with E-state index in [1.807, 2.05) is 59.7 Å². The van der Waals surface area contributed by atoms with Crippen LogP contribution in [-0.4, -0.2) is 15.2 Å². The van der Waals surface area contributed by atoms with E-state index in [2.05, 4.69) is 4.98 Å². The molecule has 0 bridgehead atoms. The normalized spacial score (nSPS) is 11.3. The summed E-state index contributed by atoms with van der Waals surface area (Å²) < 4.78 is 0. The maximum absolute atomic E-state index is 11.3. The Bertz CT molecular complexity index is 1040. The van der Waals surface area contributed by atoms with Gasteiger partial charge in [-0.15, -0.1) is 0 Å². The van der Waals surface area contributed by atoms with Crippen molar-refractivity contribution in [1.82, 2.24) is 4.98 Å². The van der Waals surface area contributed by atoms with Crippen LogP contribution in [0.1, 0.15) is 75.4 Å². The van der Waals surface area contributed by atoms with Crippen molar-refractivity contribution in [2.75, 3.05) is 0 Å². The number of benzene rings is 2. The van der Waals surface area contributed by atoms with Gasteiger partial charge in [0.05, 0.1) is 11.6 Å². The number of rotatable bonds is 3. The Hall–Kier alpha value is -0.936. The van der Waals surface area contributed by atoms with Gasteiger partial charge in [-0.2, -0.15) is 0 Å². The Morgan fingerprint density at radius 1 is 0.735 bits per heavy atom. The summed E-state index contributed by atoms with van der Waals surface area (Å²) in [5.74, 6) is -0.269. The third-order valence-corrected chi connectivity index (χ3v) is 5.87. The van der Waals surface area contributed by atoms with Crippen molar-refractivity contribution >= 4 is 23.2 Å². The molecule has 2 N–H and O–H groups in total. The summed E-state index contributed by atoms with van der Waals surface area (Å²) in [6, 6.07) is 12.6. The fourth-order valence-electron chi connectivity index (χ4n) is 3.86. The van der Waals surface area contributed by atoms with Crippen LogP contribution in [0.3, 0.4) is 0 Å². The van der Waals surface area contributed by atoms with Gasteiger partial charge in [-0.1, -0.05) is 70.8 Å². The molecule has 0 fully saturated rings. The van der Waals surface area contributed by atoms with Crippen LogP contribution in [0.5, 0.6) is 11.5 Å². The van der Waals surface area contributed by atoms with Crippen molar-refractivity contribution in [1.29, 1.82) is 0 Å². The number of nitrogens with zero attached hydrogens (tertiary/aromatic N) is 1. The van der Waals surface area contributed by atoms with Crippen molar-refractivity contribution in [3.63, 3.8) is 0 Å². The number of aromatic hydroxyl groups is 2. The summed E-state index contributed by atoms with van der Waals surface area (Å²) in [6.07, 6.45) is 1.70. The summed E-state index contributed by atoms with van der Waals surface area (Å²) in [5, 5.41) is 23.7. The Morgan fingerprint density at radius 3 is 1.47 bits per heavy atom. The van der Waals surface area contributed by atoms with Crippen LogP contribution in [0, 0.1) is 0 Å². The van der Waals surface area contributed by atoms with E-state index in [0.29, 0.717) is 26.9 Å². The number of halogens is 4. The molecule has 0 saturated carbocycles. The zero-order chi connectivity index (χ0) is 23.1. The maximum Gasteiger partial charge on any atom is 2.00 e. The van der Waals surface area contributed by atoms with Crippen LogP contribution in [0.4, 0.5) is 0 Å². The summed E-state index contributed by atoms with van der Waals surface area (Å²) in [7, 11) is 0. The SMILES string of the molecule is CC(C)(C)c1cc(Cl)cc(C(c2ccccn2)c2cc(Cl)cc(C(C)(C)C)c2O)c1O.[Cl-].[Cl-].[Ti+2]. The van der Waals surface area contributed by atoms with E-state index < -0.39 is 5.92 Å². The standard InChI is InChI=1S/C26H29Cl2NO2.2ClH.Ti/c1-25(2,3)19-13-15(27)11-17(23(19)30)22(21-9-7-8-10-29-21)18-12-16(28)14-20(24(18)31)26(4,5)6;;;/h7-14,22,30-31H,1-6H3;2*1H;/q;;;+2/p-2. The summed E-state index contributed by atoms with van der Waals surface area (Å²) in [4.78, 5) is 4.55. The monoisotopic (exact) mass is 575 g/mol. The smallest absolute Gasteiger partial charge is 1.00 e. The van der Waals surface area contributed by atoms with E-state index in [1.165, 1.54) is 0 Å². The van der Waals surface area contributed by atoms with E-state index in [-0.39, 0.29) is 68.9 Å². The third kappa shape index (κ3) is 7.06. The largest absolute Gasteiger partial charge is 2.00 e. The van der Waals surface area contributed by atoms with Gasteiger partial charge in [0.25, 0.3) is 0 Å². The van der Waals surface area contributed by atoms with E-state index >= 15 is 0 Å². The van der Waals surface area contributed by atoms with Crippen molar-refractivity contribution in [3.8, 4) is 11.5 Å². The van der Waals surface area contributed by atoms with E-state index in [4.69, 9.17) is 23.2 Å². The Balaban J connectivity index is 0.00000363. The minimum absolute atomic E-state index is 0. The fraction of sp³-hybridized carbons (Fsp3) is 0.346. The van der Waals surface area contributed by atoms with Gasteiger partial charge in [0.2, 0.25) is 0 Å². The average molecular weight is 577 g/mol. The van der Waals surface area contributed by atoms with E-state index in [0.717, 1.165) is 11.1 Å².